The van der Waals surface area contributed by atoms with Crippen LogP contribution in [-0.2, 0) is 11.2 Å². The summed E-state index contributed by atoms with van der Waals surface area (Å²) in [5.74, 6) is -1.09. The first-order valence-electron chi connectivity index (χ1n) is 9.70. The Bertz CT molecular complexity index is 961. The first-order valence-corrected chi connectivity index (χ1v) is 9.70. The lowest BCUT2D eigenvalue weighted by molar-refractivity contribution is -0.216. The maximum Gasteiger partial charge on any atom is 0.416 e. The van der Waals surface area contributed by atoms with E-state index in [4.69, 9.17) is 4.74 Å². The lowest BCUT2D eigenvalue weighted by Crippen LogP contribution is -2.49. The van der Waals surface area contributed by atoms with Gasteiger partial charge in [0.15, 0.2) is 6.10 Å². The monoisotopic (exact) mass is 419 g/mol. The SMILES string of the molecule is O=C1O[C@H](c2ccccc2)Cc2cc(C(=O)N3CCC[C@H]3[C@@H](O)C(F)(F)F)ccc21. The molecule has 0 bridgehead atoms. The normalized spacial score (nSPS) is 22.4. The van der Waals surface area contributed by atoms with E-state index in [1.54, 1.807) is 6.07 Å². The van der Waals surface area contributed by atoms with Crippen molar-refractivity contribution in [1.82, 2.24) is 4.90 Å². The van der Waals surface area contributed by atoms with Crippen LogP contribution in [0.5, 0.6) is 0 Å². The van der Waals surface area contributed by atoms with Crippen molar-refractivity contribution >= 4 is 11.9 Å². The van der Waals surface area contributed by atoms with E-state index in [0.717, 1.165) is 10.5 Å². The quantitative estimate of drug-likeness (QED) is 0.771. The summed E-state index contributed by atoms with van der Waals surface area (Å²) in [6, 6.07) is 12.3. The van der Waals surface area contributed by atoms with Crippen molar-refractivity contribution in [1.29, 1.82) is 0 Å². The molecule has 8 heteroatoms. The lowest BCUT2D eigenvalue weighted by atomic mass is 9.93. The van der Waals surface area contributed by atoms with Gasteiger partial charge in [0.05, 0.1) is 11.6 Å². The second-order valence-electron chi connectivity index (χ2n) is 7.58. The molecule has 3 atom stereocenters. The predicted octanol–water partition coefficient (Wildman–Crippen LogP) is 3.67. The van der Waals surface area contributed by atoms with Crippen molar-refractivity contribution in [2.24, 2.45) is 0 Å². The van der Waals surface area contributed by atoms with Gasteiger partial charge < -0.3 is 14.7 Å². The standard InChI is InChI=1S/C22H20F3NO4/c23-22(24,25)19(27)17-7-4-10-26(17)20(28)14-8-9-16-15(11-14)12-18(30-21(16)29)13-5-2-1-3-6-13/h1-3,5-6,8-9,11,17-19,27H,4,7,10,12H2/t17-,18-,19+/m0/s1. The van der Waals surface area contributed by atoms with Crippen LogP contribution >= 0.6 is 0 Å². The van der Waals surface area contributed by atoms with Gasteiger partial charge in [0.25, 0.3) is 5.91 Å². The van der Waals surface area contributed by atoms with Gasteiger partial charge in [-0.3, -0.25) is 4.79 Å². The maximum absolute atomic E-state index is 13.0. The number of halogens is 3. The smallest absolute Gasteiger partial charge is 0.416 e. The fraction of sp³-hybridized carbons (Fsp3) is 0.364. The molecule has 2 aromatic rings. The highest BCUT2D eigenvalue weighted by Crippen LogP contribution is 2.34. The fourth-order valence-corrected chi connectivity index (χ4v) is 4.14. The molecule has 0 radical (unpaired) electrons. The van der Waals surface area contributed by atoms with Crippen molar-refractivity contribution in [2.45, 2.75) is 43.7 Å². The highest BCUT2D eigenvalue weighted by Gasteiger charge is 2.48. The van der Waals surface area contributed by atoms with Crippen LogP contribution in [0.15, 0.2) is 48.5 Å². The fourth-order valence-electron chi connectivity index (χ4n) is 4.14. The molecule has 2 heterocycles. The van der Waals surface area contributed by atoms with Crippen LogP contribution in [0.25, 0.3) is 0 Å². The average Bonchev–Trinajstić information content (AvgIpc) is 3.21. The summed E-state index contributed by atoms with van der Waals surface area (Å²) in [4.78, 5) is 26.4. The molecule has 1 fully saturated rings. The Morgan fingerprint density at radius 2 is 1.90 bits per heavy atom. The van der Waals surface area contributed by atoms with E-state index >= 15 is 0 Å². The minimum Gasteiger partial charge on any atom is -0.454 e. The Morgan fingerprint density at radius 1 is 1.17 bits per heavy atom. The molecule has 5 nitrogen and oxygen atoms in total. The van der Waals surface area contributed by atoms with Crippen molar-refractivity contribution in [3.8, 4) is 0 Å². The number of likely N-dealkylation sites (tertiary alicyclic amines) is 1. The van der Waals surface area contributed by atoms with Gasteiger partial charge in [0.1, 0.15) is 6.10 Å². The van der Waals surface area contributed by atoms with Gasteiger partial charge in [-0.05, 0) is 42.2 Å². The summed E-state index contributed by atoms with van der Waals surface area (Å²) in [7, 11) is 0. The number of aliphatic hydroxyl groups is 1. The van der Waals surface area contributed by atoms with E-state index in [1.807, 2.05) is 30.3 Å². The van der Waals surface area contributed by atoms with Gasteiger partial charge in [0.2, 0.25) is 0 Å². The summed E-state index contributed by atoms with van der Waals surface area (Å²) in [5, 5.41) is 9.66. The minimum atomic E-state index is -4.80. The minimum absolute atomic E-state index is 0.0831. The van der Waals surface area contributed by atoms with Crippen LogP contribution in [-0.4, -0.2) is 46.7 Å². The lowest BCUT2D eigenvalue weighted by Gasteiger charge is -2.30. The molecule has 2 aliphatic heterocycles. The van der Waals surface area contributed by atoms with Crippen LogP contribution in [0.2, 0.25) is 0 Å². The molecule has 0 aliphatic carbocycles. The van der Waals surface area contributed by atoms with Crippen molar-refractivity contribution in [3.63, 3.8) is 0 Å². The summed E-state index contributed by atoms with van der Waals surface area (Å²) in [6.45, 7) is 0.141. The zero-order valence-corrected chi connectivity index (χ0v) is 15.9. The molecule has 4 rings (SSSR count). The number of ether oxygens (including phenoxy) is 1. The molecule has 2 aromatic carbocycles. The number of fused-ring (bicyclic) bond motifs is 1. The Hall–Kier alpha value is -2.87. The van der Waals surface area contributed by atoms with Gasteiger partial charge >= 0.3 is 12.1 Å². The van der Waals surface area contributed by atoms with E-state index in [9.17, 15) is 27.9 Å². The van der Waals surface area contributed by atoms with E-state index < -0.39 is 36.3 Å². The highest BCUT2D eigenvalue weighted by atomic mass is 19.4. The Morgan fingerprint density at radius 3 is 2.60 bits per heavy atom. The zero-order chi connectivity index (χ0) is 21.5. The van der Waals surface area contributed by atoms with E-state index in [0.29, 0.717) is 24.0 Å². The number of cyclic esters (lactones) is 1. The molecule has 1 saturated heterocycles. The molecule has 2 aliphatic rings. The van der Waals surface area contributed by atoms with E-state index in [1.165, 1.54) is 12.1 Å². The third-order valence-electron chi connectivity index (χ3n) is 5.66. The third kappa shape index (κ3) is 3.79. The van der Waals surface area contributed by atoms with E-state index in [-0.39, 0.29) is 18.5 Å². The molecule has 0 aromatic heterocycles. The molecular weight excluding hydrogens is 399 g/mol. The zero-order valence-electron chi connectivity index (χ0n) is 15.9. The molecule has 1 N–H and O–H groups in total. The third-order valence-corrected chi connectivity index (χ3v) is 5.66. The number of aliphatic hydroxyl groups excluding tert-OH is 1. The predicted molar refractivity (Wildman–Crippen MR) is 101 cm³/mol. The maximum atomic E-state index is 13.0. The van der Waals surface area contributed by atoms with Gasteiger partial charge in [0, 0.05) is 18.5 Å². The topological polar surface area (TPSA) is 66.8 Å². The van der Waals surface area contributed by atoms with E-state index in [2.05, 4.69) is 0 Å². The molecule has 0 spiro atoms. The first-order chi connectivity index (χ1) is 14.3. The first kappa shape index (κ1) is 20.4. The number of carbonyl (C=O) groups excluding carboxylic acids is 2. The number of hydrogen-bond acceptors (Lipinski definition) is 4. The summed E-state index contributed by atoms with van der Waals surface area (Å²) < 4.78 is 44.4. The van der Waals surface area contributed by atoms with Crippen LogP contribution in [0.4, 0.5) is 13.2 Å². The van der Waals surface area contributed by atoms with Gasteiger partial charge in [-0.15, -0.1) is 0 Å². The largest absolute Gasteiger partial charge is 0.454 e. The number of hydrogen-bond donors (Lipinski definition) is 1. The van der Waals surface area contributed by atoms with Gasteiger partial charge in [-0.1, -0.05) is 30.3 Å². The summed E-state index contributed by atoms with van der Waals surface area (Å²) in [6.07, 6.45) is -7.05. The number of benzene rings is 2. The van der Waals surface area contributed by atoms with Crippen molar-refractivity contribution in [2.75, 3.05) is 6.54 Å². The average molecular weight is 419 g/mol. The van der Waals surface area contributed by atoms with Crippen LogP contribution < -0.4 is 0 Å². The van der Waals surface area contributed by atoms with Crippen molar-refractivity contribution in [3.05, 3.63) is 70.8 Å². The number of amides is 1. The summed E-state index contributed by atoms with van der Waals surface area (Å²) >= 11 is 0. The Labute approximate surface area is 171 Å². The molecule has 0 saturated carbocycles. The molecule has 158 valence electrons. The van der Waals surface area contributed by atoms with Crippen molar-refractivity contribution < 1.29 is 32.6 Å². The van der Waals surface area contributed by atoms with Crippen LogP contribution in [0, 0.1) is 0 Å². The second-order valence-corrected chi connectivity index (χ2v) is 7.58. The van der Waals surface area contributed by atoms with Crippen LogP contribution in [0.3, 0.4) is 0 Å². The number of carbonyl (C=O) groups is 2. The Balaban J connectivity index is 1.59. The molecule has 0 unspecified atom stereocenters. The highest BCUT2D eigenvalue weighted by molar-refractivity contribution is 5.98. The van der Waals surface area contributed by atoms with Gasteiger partial charge in [-0.25, -0.2) is 4.79 Å². The number of rotatable bonds is 3. The van der Waals surface area contributed by atoms with Gasteiger partial charge in [-0.2, -0.15) is 13.2 Å². The summed E-state index contributed by atoms with van der Waals surface area (Å²) in [5.41, 5.74) is 1.96. The second kappa shape index (κ2) is 7.75. The number of esters is 1. The molecule has 1 amide bonds. The molecule has 30 heavy (non-hydrogen) atoms. The number of alkyl halides is 3. The van der Waals surface area contributed by atoms with Crippen LogP contribution in [0.1, 0.15) is 50.8 Å². The molecular formula is C22H20F3NO4. The number of nitrogens with zero attached hydrogens (tertiary/aromatic N) is 1. The Kier molecular flexibility index (Phi) is 5.27.